The summed E-state index contributed by atoms with van der Waals surface area (Å²) in [5, 5.41) is 0. The van der Waals surface area contributed by atoms with Crippen molar-refractivity contribution in [3.63, 3.8) is 0 Å². The van der Waals surface area contributed by atoms with E-state index in [4.69, 9.17) is 0 Å². The predicted octanol–water partition coefficient (Wildman–Crippen LogP) is 2.69. The van der Waals surface area contributed by atoms with Crippen molar-refractivity contribution in [3.8, 4) is 0 Å². The molecule has 3 rings (SSSR count). The molecule has 2 heterocycles. The third-order valence-electron chi connectivity index (χ3n) is 4.45. The van der Waals surface area contributed by atoms with E-state index in [-0.39, 0.29) is 0 Å². The third kappa shape index (κ3) is 1.81. The average molecular weight is 231 g/mol. The summed E-state index contributed by atoms with van der Waals surface area (Å²) in [7, 11) is 0. The number of rotatable bonds is 3. The van der Waals surface area contributed by atoms with Gasteiger partial charge >= 0.3 is 0 Å². The molecule has 1 saturated heterocycles. The largest absolute Gasteiger partial charge is 0.340 e. The Morgan fingerprint density at radius 2 is 1.82 bits per heavy atom. The Bertz CT molecular complexity index is 386. The van der Waals surface area contributed by atoms with Crippen LogP contribution >= 0.6 is 0 Å². The fraction of sp³-hybridized carbons (Fsp3) is 0.714. The summed E-state index contributed by atoms with van der Waals surface area (Å²) in [4.78, 5) is 11.4. The van der Waals surface area contributed by atoms with Crippen LogP contribution in [0.1, 0.15) is 38.7 Å². The normalized spacial score (nSPS) is 30.8. The van der Waals surface area contributed by atoms with Crippen molar-refractivity contribution < 1.29 is 0 Å². The molecule has 3 nitrogen and oxygen atoms in total. The quantitative estimate of drug-likeness (QED) is 0.801. The Labute approximate surface area is 103 Å². The number of nitrogens with zero attached hydrogens (tertiary/aromatic N) is 3. The zero-order chi connectivity index (χ0) is 12.0. The minimum Gasteiger partial charge on any atom is -0.340 e. The fourth-order valence-electron chi connectivity index (χ4n) is 3.21. The Balaban J connectivity index is 1.67. The molecule has 2 fully saturated rings. The van der Waals surface area contributed by atoms with Crippen molar-refractivity contribution in [2.75, 3.05) is 18.0 Å². The van der Waals surface area contributed by atoms with Gasteiger partial charge in [0.05, 0.1) is 0 Å². The molecule has 1 aromatic rings. The highest BCUT2D eigenvalue weighted by Gasteiger charge is 2.54. The summed E-state index contributed by atoms with van der Waals surface area (Å²) >= 11 is 0. The molecule has 17 heavy (non-hydrogen) atoms. The van der Waals surface area contributed by atoms with Crippen LogP contribution in [0.3, 0.4) is 0 Å². The molecule has 2 aliphatic rings. The van der Waals surface area contributed by atoms with Crippen LogP contribution in [0.4, 0.5) is 5.95 Å². The van der Waals surface area contributed by atoms with E-state index < -0.39 is 0 Å². The second kappa shape index (κ2) is 3.97. The summed E-state index contributed by atoms with van der Waals surface area (Å²) in [6.07, 6.45) is 5.30. The SMILES string of the molecule is CCC1C2CN(c3ncc(C(C)C)cn3)CC12. The number of aromatic nitrogens is 2. The van der Waals surface area contributed by atoms with Crippen molar-refractivity contribution in [2.45, 2.75) is 33.1 Å². The van der Waals surface area contributed by atoms with E-state index >= 15 is 0 Å². The van der Waals surface area contributed by atoms with E-state index in [1.54, 1.807) is 0 Å². The van der Waals surface area contributed by atoms with Crippen LogP contribution in [0.2, 0.25) is 0 Å². The van der Waals surface area contributed by atoms with Crippen LogP contribution in [-0.2, 0) is 0 Å². The van der Waals surface area contributed by atoms with Gasteiger partial charge in [0, 0.05) is 25.5 Å². The molecule has 1 aromatic heterocycles. The second-order valence-electron chi connectivity index (χ2n) is 5.78. The first-order valence-electron chi connectivity index (χ1n) is 6.77. The Morgan fingerprint density at radius 3 is 2.29 bits per heavy atom. The number of anilines is 1. The van der Waals surface area contributed by atoms with Crippen molar-refractivity contribution in [2.24, 2.45) is 17.8 Å². The van der Waals surface area contributed by atoms with Gasteiger partial charge < -0.3 is 4.90 Å². The van der Waals surface area contributed by atoms with E-state index in [0.29, 0.717) is 5.92 Å². The maximum absolute atomic E-state index is 4.50. The molecule has 3 heteroatoms. The van der Waals surface area contributed by atoms with Crippen molar-refractivity contribution in [1.29, 1.82) is 0 Å². The highest BCUT2D eigenvalue weighted by molar-refractivity contribution is 5.35. The smallest absolute Gasteiger partial charge is 0.225 e. The Morgan fingerprint density at radius 1 is 1.24 bits per heavy atom. The molecule has 0 bridgehead atoms. The lowest BCUT2D eigenvalue weighted by molar-refractivity contribution is 0.614. The van der Waals surface area contributed by atoms with Crippen LogP contribution in [-0.4, -0.2) is 23.1 Å². The molecule has 1 aliphatic carbocycles. The molecule has 0 N–H and O–H groups in total. The van der Waals surface area contributed by atoms with Crippen LogP contribution in [0, 0.1) is 17.8 Å². The van der Waals surface area contributed by atoms with Crippen molar-refractivity contribution in [3.05, 3.63) is 18.0 Å². The van der Waals surface area contributed by atoms with Crippen LogP contribution < -0.4 is 4.90 Å². The van der Waals surface area contributed by atoms with E-state index in [2.05, 4.69) is 35.6 Å². The average Bonchev–Trinajstić information content (AvgIpc) is 2.81. The van der Waals surface area contributed by atoms with E-state index in [0.717, 1.165) is 23.7 Å². The van der Waals surface area contributed by atoms with Gasteiger partial charge in [-0.2, -0.15) is 0 Å². The maximum Gasteiger partial charge on any atom is 0.225 e. The fourth-order valence-corrected chi connectivity index (χ4v) is 3.21. The van der Waals surface area contributed by atoms with Crippen LogP contribution in [0.5, 0.6) is 0 Å². The Hall–Kier alpha value is -1.12. The number of hydrogen-bond donors (Lipinski definition) is 0. The molecule has 0 aromatic carbocycles. The topological polar surface area (TPSA) is 29.0 Å². The van der Waals surface area contributed by atoms with Crippen molar-refractivity contribution >= 4 is 5.95 Å². The molecule has 0 amide bonds. The molecular formula is C14H21N3. The summed E-state index contributed by atoms with van der Waals surface area (Å²) in [6, 6.07) is 0. The highest BCUT2D eigenvalue weighted by atomic mass is 15.3. The first-order valence-corrected chi connectivity index (χ1v) is 6.77. The molecule has 2 atom stereocenters. The molecule has 0 radical (unpaired) electrons. The lowest BCUT2D eigenvalue weighted by Crippen LogP contribution is -2.25. The third-order valence-corrected chi connectivity index (χ3v) is 4.45. The number of hydrogen-bond acceptors (Lipinski definition) is 3. The zero-order valence-corrected chi connectivity index (χ0v) is 10.9. The standard InChI is InChI=1S/C14H21N3/c1-4-11-12-7-17(8-13(11)12)14-15-5-10(6-16-14)9(2)3/h5-6,9,11-13H,4,7-8H2,1-3H3. The van der Waals surface area contributed by atoms with Gasteiger partial charge in [-0.25, -0.2) is 9.97 Å². The van der Waals surface area contributed by atoms with Crippen LogP contribution in [0.15, 0.2) is 12.4 Å². The second-order valence-corrected chi connectivity index (χ2v) is 5.78. The van der Waals surface area contributed by atoms with Gasteiger partial charge in [0.2, 0.25) is 5.95 Å². The lowest BCUT2D eigenvalue weighted by Gasteiger charge is -2.19. The van der Waals surface area contributed by atoms with Gasteiger partial charge in [-0.15, -0.1) is 0 Å². The molecule has 1 saturated carbocycles. The lowest BCUT2D eigenvalue weighted by atomic mass is 10.1. The van der Waals surface area contributed by atoms with E-state index in [9.17, 15) is 0 Å². The maximum atomic E-state index is 4.50. The van der Waals surface area contributed by atoms with Gasteiger partial charge in [0.1, 0.15) is 0 Å². The molecule has 0 spiro atoms. The summed E-state index contributed by atoms with van der Waals surface area (Å²) < 4.78 is 0. The highest BCUT2D eigenvalue weighted by Crippen LogP contribution is 2.53. The number of piperidine rings is 1. The predicted molar refractivity (Wildman–Crippen MR) is 69.1 cm³/mol. The summed E-state index contributed by atoms with van der Waals surface area (Å²) in [6.45, 7) is 9.00. The zero-order valence-electron chi connectivity index (χ0n) is 10.9. The molecule has 1 aliphatic heterocycles. The van der Waals surface area contributed by atoms with Crippen molar-refractivity contribution in [1.82, 2.24) is 9.97 Å². The van der Waals surface area contributed by atoms with Gasteiger partial charge in [-0.1, -0.05) is 27.2 Å². The minimum absolute atomic E-state index is 0.514. The van der Waals surface area contributed by atoms with Crippen LogP contribution in [0.25, 0.3) is 0 Å². The summed E-state index contributed by atoms with van der Waals surface area (Å²) in [5.41, 5.74) is 1.23. The van der Waals surface area contributed by atoms with Gasteiger partial charge in [-0.05, 0) is 29.2 Å². The molecule has 2 unspecified atom stereocenters. The monoisotopic (exact) mass is 231 g/mol. The number of fused-ring (bicyclic) bond motifs is 1. The van der Waals surface area contributed by atoms with Gasteiger partial charge in [0.25, 0.3) is 0 Å². The molecule has 92 valence electrons. The van der Waals surface area contributed by atoms with E-state index in [1.165, 1.54) is 25.1 Å². The van der Waals surface area contributed by atoms with Gasteiger partial charge in [-0.3, -0.25) is 0 Å². The Kier molecular flexibility index (Phi) is 2.57. The van der Waals surface area contributed by atoms with Gasteiger partial charge in [0.15, 0.2) is 0 Å². The summed E-state index contributed by atoms with van der Waals surface area (Å²) in [5.74, 6) is 4.28. The first-order chi connectivity index (χ1) is 8.20. The van der Waals surface area contributed by atoms with E-state index in [1.807, 2.05) is 12.4 Å². The minimum atomic E-state index is 0.514. The first kappa shape index (κ1) is 11.0. The molecular weight excluding hydrogens is 210 g/mol.